The Morgan fingerprint density at radius 1 is 0.967 bits per heavy atom. The van der Waals surface area contributed by atoms with Gasteiger partial charge >= 0.3 is 12.1 Å². The molecular formula is C24H22N2O4. The van der Waals surface area contributed by atoms with Crippen molar-refractivity contribution in [2.24, 2.45) is 0 Å². The minimum Gasteiger partial charge on any atom is -0.481 e. The SMILES string of the molecule is O=C(O)CC(Cc1ccncc1)NC(=O)OCC1c2ccccc2-c2ccccc21. The zero-order valence-corrected chi connectivity index (χ0v) is 16.3. The van der Waals surface area contributed by atoms with Crippen LogP contribution in [0.25, 0.3) is 11.1 Å². The monoisotopic (exact) mass is 402 g/mol. The molecule has 6 heteroatoms. The number of alkyl carbamates (subject to hydrolysis) is 1. The number of carbonyl (C=O) groups is 2. The lowest BCUT2D eigenvalue weighted by Gasteiger charge is -2.19. The Labute approximate surface area is 174 Å². The number of fused-ring (bicyclic) bond motifs is 3. The van der Waals surface area contributed by atoms with Gasteiger partial charge < -0.3 is 15.2 Å². The van der Waals surface area contributed by atoms with Gasteiger partial charge in [0.1, 0.15) is 6.61 Å². The van der Waals surface area contributed by atoms with Crippen molar-refractivity contribution < 1.29 is 19.4 Å². The Hall–Kier alpha value is -3.67. The number of carbonyl (C=O) groups excluding carboxylic acids is 1. The number of hydrogen-bond donors (Lipinski definition) is 2. The van der Waals surface area contributed by atoms with Gasteiger partial charge in [0.25, 0.3) is 0 Å². The number of benzene rings is 2. The summed E-state index contributed by atoms with van der Waals surface area (Å²) in [4.78, 5) is 27.6. The van der Waals surface area contributed by atoms with Crippen LogP contribution in [-0.4, -0.2) is 34.8 Å². The molecule has 0 saturated carbocycles. The van der Waals surface area contributed by atoms with E-state index in [-0.39, 0.29) is 18.9 Å². The second kappa shape index (κ2) is 8.78. The number of carboxylic acid groups (broad SMARTS) is 1. The number of hydrogen-bond acceptors (Lipinski definition) is 4. The molecule has 1 aliphatic rings. The van der Waals surface area contributed by atoms with Gasteiger partial charge in [0.2, 0.25) is 0 Å². The first-order chi connectivity index (χ1) is 14.6. The van der Waals surface area contributed by atoms with Gasteiger partial charge in [0.15, 0.2) is 0 Å². The summed E-state index contributed by atoms with van der Waals surface area (Å²) < 4.78 is 5.53. The van der Waals surface area contributed by atoms with Crippen LogP contribution in [0.1, 0.15) is 29.0 Å². The largest absolute Gasteiger partial charge is 0.481 e. The fourth-order valence-electron chi connectivity index (χ4n) is 4.00. The number of aromatic nitrogens is 1. The van der Waals surface area contributed by atoms with E-state index in [0.717, 1.165) is 27.8 Å². The number of amides is 1. The lowest BCUT2D eigenvalue weighted by atomic mass is 9.98. The second-order valence-electron chi connectivity index (χ2n) is 7.32. The zero-order valence-electron chi connectivity index (χ0n) is 16.3. The number of nitrogens with one attached hydrogen (secondary N) is 1. The van der Waals surface area contributed by atoms with Crippen molar-refractivity contribution >= 4 is 12.1 Å². The molecule has 2 N–H and O–H groups in total. The first-order valence-electron chi connectivity index (χ1n) is 9.84. The highest BCUT2D eigenvalue weighted by molar-refractivity contribution is 5.79. The van der Waals surface area contributed by atoms with Gasteiger partial charge in [-0.25, -0.2) is 4.79 Å². The van der Waals surface area contributed by atoms with E-state index in [0.29, 0.717) is 6.42 Å². The van der Waals surface area contributed by atoms with Crippen molar-refractivity contribution in [3.63, 3.8) is 0 Å². The Morgan fingerprint density at radius 3 is 2.17 bits per heavy atom. The van der Waals surface area contributed by atoms with Gasteiger partial charge in [-0.2, -0.15) is 0 Å². The molecule has 1 unspecified atom stereocenters. The summed E-state index contributed by atoms with van der Waals surface area (Å²) >= 11 is 0. The predicted molar refractivity (Wildman–Crippen MR) is 112 cm³/mol. The van der Waals surface area contributed by atoms with Crippen molar-refractivity contribution in [1.29, 1.82) is 0 Å². The van der Waals surface area contributed by atoms with Crippen LogP contribution in [0.4, 0.5) is 4.79 Å². The number of nitrogens with zero attached hydrogens (tertiary/aromatic N) is 1. The highest BCUT2D eigenvalue weighted by Gasteiger charge is 2.29. The molecule has 30 heavy (non-hydrogen) atoms. The lowest BCUT2D eigenvalue weighted by molar-refractivity contribution is -0.137. The molecule has 152 valence electrons. The average molecular weight is 402 g/mol. The molecule has 0 saturated heterocycles. The zero-order chi connectivity index (χ0) is 20.9. The maximum atomic E-state index is 12.5. The number of carboxylic acids is 1. The molecule has 0 fully saturated rings. The summed E-state index contributed by atoms with van der Waals surface area (Å²) in [7, 11) is 0. The number of rotatable bonds is 7. The smallest absolute Gasteiger partial charge is 0.407 e. The Kier molecular flexibility index (Phi) is 5.75. The van der Waals surface area contributed by atoms with E-state index in [1.807, 2.05) is 24.3 Å². The van der Waals surface area contributed by atoms with E-state index in [9.17, 15) is 14.7 Å². The summed E-state index contributed by atoms with van der Waals surface area (Å²) in [6.45, 7) is 0.189. The molecule has 1 atom stereocenters. The molecular weight excluding hydrogens is 380 g/mol. The molecule has 0 radical (unpaired) electrons. The third kappa shape index (κ3) is 4.33. The Bertz CT molecular complexity index is 1010. The minimum atomic E-state index is -0.979. The van der Waals surface area contributed by atoms with Crippen molar-refractivity contribution in [3.8, 4) is 11.1 Å². The van der Waals surface area contributed by atoms with E-state index >= 15 is 0 Å². The van der Waals surface area contributed by atoms with Gasteiger partial charge in [-0.1, -0.05) is 48.5 Å². The topological polar surface area (TPSA) is 88.5 Å². The molecule has 0 bridgehead atoms. The molecule has 3 aromatic rings. The number of aliphatic carboxylic acids is 1. The summed E-state index contributed by atoms with van der Waals surface area (Å²) in [5, 5.41) is 11.9. The van der Waals surface area contributed by atoms with E-state index < -0.39 is 18.1 Å². The van der Waals surface area contributed by atoms with Crippen LogP contribution in [0, 0.1) is 0 Å². The van der Waals surface area contributed by atoms with E-state index in [2.05, 4.69) is 34.6 Å². The highest BCUT2D eigenvalue weighted by Crippen LogP contribution is 2.44. The van der Waals surface area contributed by atoms with E-state index in [1.54, 1.807) is 24.5 Å². The average Bonchev–Trinajstić information content (AvgIpc) is 3.06. The van der Waals surface area contributed by atoms with Crippen molar-refractivity contribution in [3.05, 3.63) is 89.7 Å². The van der Waals surface area contributed by atoms with Crippen LogP contribution in [-0.2, 0) is 16.0 Å². The minimum absolute atomic E-state index is 0.0405. The molecule has 2 aromatic carbocycles. The fraction of sp³-hybridized carbons (Fsp3) is 0.208. The lowest BCUT2D eigenvalue weighted by Crippen LogP contribution is -2.39. The summed E-state index contributed by atoms with van der Waals surface area (Å²) in [5.74, 6) is -1.02. The molecule has 1 aliphatic carbocycles. The summed E-state index contributed by atoms with van der Waals surface area (Å²) in [6, 6.07) is 19.3. The quantitative estimate of drug-likeness (QED) is 0.623. The van der Waals surface area contributed by atoms with Crippen LogP contribution in [0.5, 0.6) is 0 Å². The summed E-state index contributed by atoms with van der Waals surface area (Å²) in [5.41, 5.74) is 5.47. The molecule has 1 heterocycles. The van der Waals surface area contributed by atoms with Gasteiger partial charge in [-0.05, 0) is 46.4 Å². The van der Waals surface area contributed by atoms with Crippen molar-refractivity contribution in [2.45, 2.75) is 24.8 Å². The highest BCUT2D eigenvalue weighted by atomic mass is 16.5. The van der Waals surface area contributed by atoms with Gasteiger partial charge in [-0.3, -0.25) is 9.78 Å². The first kappa shape index (κ1) is 19.6. The van der Waals surface area contributed by atoms with E-state index in [4.69, 9.17) is 4.74 Å². The molecule has 6 nitrogen and oxygen atoms in total. The first-order valence-corrected chi connectivity index (χ1v) is 9.84. The van der Waals surface area contributed by atoms with Crippen LogP contribution in [0.3, 0.4) is 0 Å². The van der Waals surface area contributed by atoms with Crippen LogP contribution in [0.15, 0.2) is 73.1 Å². The number of ether oxygens (including phenoxy) is 1. The summed E-state index contributed by atoms with van der Waals surface area (Å²) in [6.07, 6.45) is 2.86. The van der Waals surface area contributed by atoms with Gasteiger partial charge in [-0.15, -0.1) is 0 Å². The molecule has 0 spiro atoms. The third-order valence-corrected chi connectivity index (χ3v) is 5.32. The number of pyridine rings is 1. The van der Waals surface area contributed by atoms with Crippen LogP contribution in [0.2, 0.25) is 0 Å². The Morgan fingerprint density at radius 2 is 1.57 bits per heavy atom. The van der Waals surface area contributed by atoms with Gasteiger partial charge in [0.05, 0.1) is 6.42 Å². The predicted octanol–water partition coefficient (Wildman–Crippen LogP) is 4.01. The second-order valence-corrected chi connectivity index (χ2v) is 7.32. The maximum Gasteiger partial charge on any atom is 0.407 e. The Balaban J connectivity index is 1.43. The fourth-order valence-corrected chi connectivity index (χ4v) is 4.00. The molecule has 0 aliphatic heterocycles. The van der Waals surface area contributed by atoms with Crippen molar-refractivity contribution in [1.82, 2.24) is 10.3 Å². The standard InChI is InChI=1S/C24H22N2O4/c27-23(28)14-17(13-16-9-11-25-12-10-16)26-24(29)30-15-22-20-7-3-1-5-18(20)19-6-2-4-8-21(19)22/h1-12,17,22H,13-15H2,(H,26,29)(H,27,28). The van der Waals surface area contributed by atoms with Crippen molar-refractivity contribution in [2.75, 3.05) is 6.61 Å². The normalized spacial score (nSPS) is 13.2. The maximum absolute atomic E-state index is 12.5. The molecule has 4 rings (SSSR count). The molecule has 1 amide bonds. The third-order valence-electron chi connectivity index (χ3n) is 5.32. The van der Waals surface area contributed by atoms with Gasteiger partial charge in [0, 0.05) is 24.4 Å². The van der Waals surface area contributed by atoms with Crippen LogP contribution >= 0.6 is 0 Å². The molecule has 1 aromatic heterocycles. The van der Waals surface area contributed by atoms with Crippen LogP contribution < -0.4 is 5.32 Å². The van der Waals surface area contributed by atoms with E-state index in [1.165, 1.54) is 0 Å².